The maximum atomic E-state index is 9.38. The lowest BCUT2D eigenvalue weighted by atomic mass is 9.99. The third-order valence-electron chi connectivity index (χ3n) is 3.02. The Morgan fingerprint density at radius 1 is 1.56 bits per heavy atom. The fourth-order valence-electron chi connectivity index (χ4n) is 2.39. The third kappa shape index (κ3) is 3.03. The summed E-state index contributed by atoms with van der Waals surface area (Å²) in [5.41, 5.74) is -0.388. The third-order valence-corrected chi connectivity index (χ3v) is 4.13. The molecule has 18 heavy (non-hydrogen) atoms. The molecule has 1 aliphatic carbocycles. The van der Waals surface area contributed by atoms with E-state index < -0.39 is 0 Å². The van der Waals surface area contributed by atoms with E-state index in [0.717, 1.165) is 19.3 Å². The molecule has 98 valence electrons. The molecule has 0 bridgehead atoms. The summed E-state index contributed by atoms with van der Waals surface area (Å²) in [6.07, 6.45) is 2.71. The van der Waals surface area contributed by atoms with Crippen molar-refractivity contribution in [2.24, 2.45) is 0 Å². The zero-order chi connectivity index (χ0) is 13.2. The molecule has 0 amide bonds. The second-order valence-corrected chi connectivity index (χ2v) is 6.31. The molecule has 1 aromatic rings. The van der Waals surface area contributed by atoms with E-state index in [1.807, 2.05) is 0 Å². The van der Waals surface area contributed by atoms with Gasteiger partial charge in [-0.15, -0.1) is 10.2 Å². The van der Waals surface area contributed by atoms with Crippen LogP contribution in [0.3, 0.4) is 0 Å². The van der Waals surface area contributed by atoms with Gasteiger partial charge in [0.05, 0.1) is 6.07 Å². The Labute approximate surface area is 111 Å². The van der Waals surface area contributed by atoms with E-state index in [-0.39, 0.29) is 5.54 Å². The molecule has 0 aliphatic heterocycles. The van der Waals surface area contributed by atoms with Crippen molar-refractivity contribution in [3.8, 4) is 6.07 Å². The molecule has 1 N–H and O–H groups in total. The number of nitrogens with zero attached hydrogens (tertiary/aromatic N) is 3. The zero-order valence-electron chi connectivity index (χ0n) is 10.9. The number of nitrogens with one attached hydrogen (secondary N) is 1. The highest BCUT2D eigenvalue weighted by Gasteiger charge is 2.40. The predicted octanol–water partition coefficient (Wildman–Crippen LogP) is 2.28. The Morgan fingerprint density at radius 3 is 2.89 bits per heavy atom. The van der Waals surface area contributed by atoms with Gasteiger partial charge >= 0.3 is 0 Å². The molecule has 2 unspecified atom stereocenters. The Morgan fingerprint density at radius 2 is 2.33 bits per heavy atom. The van der Waals surface area contributed by atoms with Gasteiger partial charge in [0.25, 0.3) is 5.22 Å². The van der Waals surface area contributed by atoms with Crippen LogP contribution in [0, 0.1) is 18.3 Å². The van der Waals surface area contributed by atoms with Gasteiger partial charge < -0.3 is 4.42 Å². The molecule has 1 heterocycles. The van der Waals surface area contributed by atoms with Crippen molar-refractivity contribution in [1.29, 1.82) is 5.26 Å². The van der Waals surface area contributed by atoms with Gasteiger partial charge in [-0.1, -0.05) is 11.8 Å². The first-order valence-corrected chi connectivity index (χ1v) is 7.07. The average Bonchev–Trinajstić information content (AvgIpc) is 2.87. The molecule has 1 aromatic heterocycles. The lowest BCUT2D eigenvalue weighted by Gasteiger charge is -2.25. The second kappa shape index (κ2) is 5.29. The minimum absolute atomic E-state index is 0.319. The highest BCUT2D eigenvalue weighted by atomic mass is 32.2. The molecule has 6 heteroatoms. The standard InChI is InChI=1S/C12H18N4OS/c1-8(2)14-12(7-13)5-4-10(6-12)18-11-16-15-9(3)17-11/h8,10,14H,4-6H2,1-3H3. The topological polar surface area (TPSA) is 74.7 Å². The Balaban J connectivity index is 1.97. The molecule has 0 spiro atoms. The smallest absolute Gasteiger partial charge is 0.276 e. The molecule has 1 fully saturated rings. The van der Waals surface area contributed by atoms with Crippen molar-refractivity contribution in [3.05, 3.63) is 5.89 Å². The molecule has 5 nitrogen and oxygen atoms in total. The van der Waals surface area contributed by atoms with Crippen LogP contribution in [-0.2, 0) is 0 Å². The highest BCUT2D eigenvalue weighted by Crippen LogP contribution is 2.39. The van der Waals surface area contributed by atoms with Crippen molar-refractivity contribution in [3.63, 3.8) is 0 Å². The minimum Gasteiger partial charge on any atom is -0.416 e. The quantitative estimate of drug-likeness (QED) is 0.901. The van der Waals surface area contributed by atoms with E-state index in [1.165, 1.54) is 0 Å². The van der Waals surface area contributed by atoms with Gasteiger partial charge in [0.15, 0.2) is 0 Å². The van der Waals surface area contributed by atoms with Gasteiger partial charge in [0.2, 0.25) is 5.89 Å². The normalized spacial score (nSPS) is 27.6. The largest absolute Gasteiger partial charge is 0.416 e. The number of nitriles is 1. The van der Waals surface area contributed by atoms with Crippen LogP contribution in [0.4, 0.5) is 0 Å². The molecule has 2 rings (SSSR count). The van der Waals surface area contributed by atoms with Gasteiger partial charge in [0.1, 0.15) is 5.54 Å². The number of hydrogen-bond acceptors (Lipinski definition) is 6. The van der Waals surface area contributed by atoms with Crippen molar-refractivity contribution >= 4 is 11.8 Å². The molecule has 1 saturated carbocycles. The molecule has 0 saturated heterocycles. The van der Waals surface area contributed by atoms with Gasteiger partial charge in [-0.2, -0.15) is 5.26 Å². The summed E-state index contributed by atoms with van der Waals surface area (Å²) < 4.78 is 5.37. The maximum absolute atomic E-state index is 9.38. The summed E-state index contributed by atoms with van der Waals surface area (Å²) in [5.74, 6) is 0.586. The lowest BCUT2D eigenvalue weighted by molar-refractivity contribution is 0.385. The van der Waals surface area contributed by atoms with Crippen LogP contribution in [0.25, 0.3) is 0 Å². The fraction of sp³-hybridized carbons (Fsp3) is 0.750. The van der Waals surface area contributed by atoms with Crippen molar-refractivity contribution in [1.82, 2.24) is 15.5 Å². The summed E-state index contributed by atoms with van der Waals surface area (Å²) in [6, 6.07) is 2.76. The summed E-state index contributed by atoms with van der Waals surface area (Å²) in [5, 5.41) is 21.5. The zero-order valence-corrected chi connectivity index (χ0v) is 11.8. The average molecular weight is 266 g/mol. The van der Waals surface area contributed by atoms with Gasteiger partial charge in [-0.05, 0) is 33.1 Å². The molecular formula is C12H18N4OS. The first-order valence-electron chi connectivity index (χ1n) is 6.19. The van der Waals surface area contributed by atoms with Crippen molar-refractivity contribution in [2.75, 3.05) is 0 Å². The Hall–Kier alpha value is -1.06. The molecule has 0 radical (unpaired) electrons. The van der Waals surface area contributed by atoms with Crippen LogP contribution >= 0.6 is 11.8 Å². The van der Waals surface area contributed by atoms with Gasteiger partial charge in [-0.3, -0.25) is 5.32 Å². The number of aryl methyl sites for hydroxylation is 1. The van der Waals surface area contributed by atoms with Crippen LogP contribution in [0.5, 0.6) is 0 Å². The first-order chi connectivity index (χ1) is 8.53. The fourth-order valence-corrected chi connectivity index (χ4v) is 3.53. The molecule has 0 aromatic carbocycles. The van der Waals surface area contributed by atoms with E-state index in [9.17, 15) is 5.26 Å². The highest BCUT2D eigenvalue weighted by molar-refractivity contribution is 7.99. The van der Waals surface area contributed by atoms with E-state index in [4.69, 9.17) is 4.42 Å². The SMILES string of the molecule is Cc1nnc(SC2CCC(C#N)(NC(C)C)C2)o1. The second-order valence-electron chi connectivity index (χ2n) is 5.06. The summed E-state index contributed by atoms with van der Waals surface area (Å²) >= 11 is 1.59. The van der Waals surface area contributed by atoms with E-state index in [1.54, 1.807) is 18.7 Å². The van der Waals surface area contributed by atoms with Crippen LogP contribution in [0.2, 0.25) is 0 Å². The summed E-state index contributed by atoms with van der Waals surface area (Å²) in [6.45, 7) is 5.92. The molecule has 2 atom stereocenters. The van der Waals surface area contributed by atoms with E-state index in [2.05, 4.69) is 35.4 Å². The molecular weight excluding hydrogens is 248 g/mol. The first kappa shape index (κ1) is 13.4. The lowest BCUT2D eigenvalue weighted by Crippen LogP contribution is -2.45. The van der Waals surface area contributed by atoms with Crippen molar-refractivity contribution in [2.45, 2.75) is 62.1 Å². The van der Waals surface area contributed by atoms with E-state index >= 15 is 0 Å². The predicted molar refractivity (Wildman–Crippen MR) is 69.1 cm³/mol. The maximum Gasteiger partial charge on any atom is 0.276 e. The Bertz CT molecular complexity index is 453. The van der Waals surface area contributed by atoms with Gasteiger partial charge in [-0.25, -0.2) is 0 Å². The van der Waals surface area contributed by atoms with Crippen LogP contribution < -0.4 is 5.32 Å². The van der Waals surface area contributed by atoms with Crippen LogP contribution in [0.15, 0.2) is 9.64 Å². The van der Waals surface area contributed by atoms with Crippen LogP contribution in [0.1, 0.15) is 39.0 Å². The van der Waals surface area contributed by atoms with Gasteiger partial charge in [0, 0.05) is 18.2 Å². The summed E-state index contributed by atoms with van der Waals surface area (Å²) in [4.78, 5) is 0. The summed E-state index contributed by atoms with van der Waals surface area (Å²) in [7, 11) is 0. The number of thioether (sulfide) groups is 1. The number of rotatable bonds is 4. The van der Waals surface area contributed by atoms with Crippen LogP contribution in [-0.4, -0.2) is 27.0 Å². The molecule has 1 aliphatic rings. The minimum atomic E-state index is -0.388. The number of aromatic nitrogens is 2. The Kier molecular flexibility index (Phi) is 3.93. The van der Waals surface area contributed by atoms with E-state index in [0.29, 0.717) is 22.4 Å². The number of hydrogen-bond donors (Lipinski definition) is 1. The van der Waals surface area contributed by atoms with Crippen molar-refractivity contribution < 1.29 is 4.42 Å². The monoisotopic (exact) mass is 266 g/mol.